The smallest absolute Gasteiger partial charge is 0.269 e. The molecule has 1 aliphatic heterocycles. The molecular weight excluding hydrogens is 192 g/mol. The van der Waals surface area contributed by atoms with Crippen molar-refractivity contribution in [1.29, 1.82) is 0 Å². The van der Waals surface area contributed by atoms with Gasteiger partial charge in [0.15, 0.2) is 0 Å². The number of nitrogens with zero attached hydrogens (tertiary/aromatic N) is 1. The molecule has 0 unspecified atom stereocenters. The van der Waals surface area contributed by atoms with Crippen LogP contribution in [-0.2, 0) is 5.41 Å². The first-order valence-electron chi connectivity index (χ1n) is 5.18. The highest BCUT2D eigenvalue weighted by molar-refractivity contribution is 5.42. The topological polar surface area (TPSA) is 55.2 Å². The Morgan fingerprint density at radius 3 is 2.60 bits per heavy atom. The number of fused-ring (bicyclic) bond motifs is 1. The molecule has 1 aromatic carbocycles. The number of piperidine rings is 1. The predicted molar refractivity (Wildman–Crippen MR) is 55.8 cm³/mol. The van der Waals surface area contributed by atoms with Crippen molar-refractivity contribution in [1.82, 2.24) is 5.32 Å². The van der Waals surface area contributed by atoms with Crippen LogP contribution in [0.5, 0.6) is 0 Å². The van der Waals surface area contributed by atoms with Crippen LogP contribution in [0.25, 0.3) is 0 Å². The molecule has 0 amide bonds. The van der Waals surface area contributed by atoms with E-state index in [9.17, 15) is 10.1 Å². The zero-order chi connectivity index (χ0) is 10.5. The Labute approximate surface area is 87.4 Å². The first kappa shape index (κ1) is 8.85. The van der Waals surface area contributed by atoms with Crippen LogP contribution in [0.4, 0.5) is 5.69 Å². The Morgan fingerprint density at radius 1 is 1.40 bits per heavy atom. The van der Waals surface area contributed by atoms with Crippen LogP contribution in [0.1, 0.15) is 12.0 Å². The molecule has 1 N–H and O–H groups in total. The summed E-state index contributed by atoms with van der Waals surface area (Å²) in [6.45, 7) is 2.12. The third-order valence-electron chi connectivity index (χ3n) is 3.72. The van der Waals surface area contributed by atoms with Crippen LogP contribution in [0.15, 0.2) is 24.3 Å². The van der Waals surface area contributed by atoms with Crippen molar-refractivity contribution in [3.63, 3.8) is 0 Å². The second kappa shape index (κ2) is 2.79. The van der Waals surface area contributed by atoms with Crippen molar-refractivity contribution >= 4 is 5.69 Å². The molecule has 1 saturated heterocycles. The summed E-state index contributed by atoms with van der Waals surface area (Å²) in [5.74, 6) is 0.749. The van der Waals surface area contributed by atoms with E-state index in [1.165, 1.54) is 12.0 Å². The predicted octanol–water partition coefficient (Wildman–Crippen LogP) is 1.46. The summed E-state index contributed by atoms with van der Waals surface area (Å²) in [6, 6.07) is 7.03. The van der Waals surface area contributed by atoms with E-state index in [-0.39, 0.29) is 10.6 Å². The summed E-state index contributed by atoms with van der Waals surface area (Å²) in [7, 11) is 0. The Bertz CT molecular complexity index is 415. The third kappa shape index (κ3) is 1.18. The van der Waals surface area contributed by atoms with Gasteiger partial charge in [-0.1, -0.05) is 12.1 Å². The monoisotopic (exact) mass is 204 g/mol. The van der Waals surface area contributed by atoms with Gasteiger partial charge in [0.25, 0.3) is 5.69 Å². The van der Waals surface area contributed by atoms with Gasteiger partial charge >= 0.3 is 0 Å². The van der Waals surface area contributed by atoms with Gasteiger partial charge in [-0.05, 0) is 24.4 Å². The zero-order valence-corrected chi connectivity index (χ0v) is 8.27. The van der Waals surface area contributed by atoms with Crippen LogP contribution >= 0.6 is 0 Å². The molecule has 2 aliphatic rings. The standard InChI is InChI=1S/C11H12N2O2/c14-13(15)10-3-1-8(2-4-10)11-5-9(11)6-12-7-11/h1-4,9,12H,5-7H2/t9-,11-/m1/s1. The van der Waals surface area contributed by atoms with Crippen LogP contribution in [-0.4, -0.2) is 18.0 Å². The largest absolute Gasteiger partial charge is 0.316 e. The SMILES string of the molecule is O=[N+]([O-])c1ccc([C@@]23CNC[C@H]2C3)cc1. The van der Waals surface area contributed by atoms with E-state index in [4.69, 9.17) is 0 Å². The number of rotatable bonds is 2. The Kier molecular flexibility index (Phi) is 1.65. The van der Waals surface area contributed by atoms with Crippen molar-refractivity contribution in [3.05, 3.63) is 39.9 Å². The van der Waals surface area contributed by atoms with Gasteiger partial charge in [-0.25, -0.2) is 0 Å². The van der Waals surface area contributed by atoms with Gasteiger partial charge in [-0.15, -0.1) is 0 Å². The molecule has 4 nitrogen and oxygen atoms in total. The quantitative estimate of drug-likeness (QED) is 0.586. The third-order valence-corrected chi connectivity index (χ3v) is 3.72. The van der Waals surface area contributed by atoms with E-state index in [1.54, 1.807) is 12.1 Å². The average molecular weight is 204 g/mol. The lowest BCUT2D eigenvalue weighted by Crippen LogP contribution is -2.19. The maximum atomic E-state index is 10.5. The van der Waals surface area contributed by atoms with Gasteiger partial charge in [0, 0.05) is 24.1 Å². The summed E-state index contributed by atoms with van der Waals surface area (Å²) in [6.07, 6.45) is 1.23. The number of nitro groups is 1. The number of non-ortho nitro benzene ring substituents is 1. The molecule has 1 saturated carbocycles. The summed E-state index contributed by atoms with van der Waals surface area (Å²) in [4.78, 5) is 10.2. The molecule has 2 atom stereocenters. The minimum absolute atomic E-state index is 0.179. The van der Waals surface area contributed by atoms with Crippen molar-refractivity contribution < 1.29 is 4.92 Å². The zero-order valence-electron chi connectivity index (χ0n) is 8.27. The lowest BCUT2D eigenvalue weighted by atomic mass is 9.95. The first-order chi connectivity index (χ1) is 7.22. The van der Waals surface area contributed by atoms with E-state index < -0.39 is 0 Å². The van der Waals surface area contributed by atoms with Crippen molar-refractivity contribution in [2.75, 3.05) is 13.1 Å². The lowest BCUT2D eigenvalue weighted by molar-refractivity contribution is -0.384. The number of hydrogen-bond donors (Lipinski definition) is 1. The van der Waals surface area contributed by atoms with Crippen LogP contribution in [0.2, 0.25) is 0 Å². The van der Waals surface area contributed by atoms with Crippen molar-refractivity contribution in [3.8, 4) is 0 Å². The maximum Gasteiger partial charge on any atom is 0.269 e. The molecule has 3 rings (SSSR count). The number of benzene rings is 1. The molecular formula is C11H12N2O2. The lowest BCUT2D eigenvalue weighted by Gasteiger charge is -2.11. The van der Waals surface area contributed by atoms with Gasteiger partial charge in [0.05, 0.1) is 4.92 Å². The molecule has 2 fully saturated rings. The highest BCUT2D eigenvalue weighted by Crippen LogP contribution is 2.56. The molecule has 1 aliphatic carbocycles. The fourth-order valence-corrected chi connectivity index (χ4v) is 2.70. The maximum absolute atomic E-state index is 10.5. The van der Waals surface area contributed by atoms with E-state index in [0.717, 1.165) is 19.0 Å². The van der Waals surface area contributed by atoms with E-state index in [0.29, 0.717) is 5.41 Å². The number of nitro benzene ring substituents is 1. The van der Waals surface area contributed by atoms with Crippen LogP contribution in [0.3, 0.4) is 0 Å². The Morgan fingerprint density at radius 2 is 2.13 bits per heavy atom. The van der Waals surface area contributed by atoms with E-state index >= 15 is 0 Å². The van der Waals surface area contributed by atoms with Crippen LogP contribution in [0, 0.1) is 16.0 Å². The van der Waals surface area contributed by atoms with E-state index in [2.05, 4.69) is 5.32 Å². The normalized spacial score (nSPS) is 32.4. The first-order valence-corrected chi connectivity index (χ1v) is 5.18. The Balaban J connectivity index is 1.91. The second-order valence-corrected chi connectivity index (χ2v) is 4.49. The molecule has 0 aromatic heterocycles. The molecule has 78 valence electrons. The molecule has 4 heteroatoms. The van der Waals surface area contributed by atoms with E-state index in [1.807, 2.05) is 12.1 Å². The van der Waals surface area contributed by atoms with Gasteiger partial charge in [0.1, 0.15) is 0 Å². The average Bonchev–Trinajstić information content (AvgIpc) is 2.82. The minimum Gasteiger partial charge on any atom is -0.316 e. The summed E-state index contributed by atoms with van der Waals surface area (Å²) >= 11 is 0. The molecule has 15 heavy (non-hydrogen) atoms. The molecule has 0 radical (unpaired) electrons. The summed E-state index contributed by atoms with van der Waals surface area (Å²) in [5, 5.41) is 13.9. The van der Waals surface area contributed by atoms with Gasteiger partial charge in [0.2, 0.25) is 0 Å². The fourth-order valence-electron chi connectivity index (χ4n) is 2.70. The van der Waals surface area contributed by atoms with Crippen LogP contribution < -0.4 is 5.32 Å². The van der Waals surface area contributed by atoms with Gasteiger partial charge in [-0.2, -0.15) is 0 Å². The highest BCUT2D eigenvalue weighted by Gasteiger charge is 2.57. The summed E-state index contributed by atoms with van der Waals surface area (Å²) < 4.78 is 0. The summed E-state index contributed by atoms with van der Waals surface area (Å²) in [5.41, 5.74) is 1.73. The highest BCUT2D eigenvalue weighted by atomic mass is 16.6. The van der Waals surface area contributed by atoms with Gasteiger partial charge in [-0.3, -0.25) is 10.1 Å². The fraction of sp³-hybridized carbons (Fsp3) is 0.455. The number of nitrogens with one attached hydrogen (secondary N) is 1. The number of hydrogen-bond acceptors (Lipinski definition) is 3. The molecule has 1 heterocycles. The minimum atomic E-state index is -0.348. The molecule has 1 aromatic rings. The van der Waals surface area contributed by atoms with Crippen molar-refractivity contribution in [2.45, 2.75) is 11.8 Å². The van der Waals surface area contributed by atoms with Crippen molar-refractivity contribution in [2.24, 2.45) is 5.92 Å². The molecule has 0 spiro atoms. The molecule has 0 bridgehead atoms. The van der Waals surface area contributed by atoms with Gasteiger partial charge < -0.3 is 5.32 Å². The second-order valence-electron chi connectivity index (χ2n) is 4.49. The Hall–Kier alpha value is -1.42.